The molecule has 19 heavy (non-hydrogen) atoms. The molecule has 0 atom stereocenters. The van der Waals surface area contributed by atoms with Crippen LogP contribution in [0.25, 0.3) is 10.9 Å². The molecule has 0 spiro atoms. The zero-order chi connectivity index (χ0) is 13.1. The van der Waals surface area contributed by atoms with Crippen molar-refractivity contribution in [2.45, 2.75) is 25.4 Å². The fourth-order valence-corrected chi connectivity index (χ4v) is 2.30. The van der Waals surface area contributed by atoms with E-state index in [-0.39, 0.29) is 5.56 Å². The topological polar surface area (TPSA) is 56.9 Å². The Labute approximate surface area is 112 Å². The number of pyridine rings is 1. The minimum absolute atomic E-state index is 0.0356. The second-order valence-electron chi connectivity index (χ2n) is 5.11. The van der Waals surface area contributed by atoms with Crippen molar-refractivity contribution in [2.24, 2.45) is 0 Å². The normalized spacial score (nSPS) is 14.9. The number of H-pyrrole nitrogens is 1. The maximum atomic E-state index is 11.6. The van der Waals surface area contributed by atoms with Crippen LogP contribution in [0.5, 0.6) is 0 Å². The minimum atomic E-state index is -0.0356. The number of hydrogen-bond donors (Lipinski definition) is 3. The summed E-state index contributed by atoms with van der Waals surface area (Å²) < 4.78 is 0. The van der Waals surface area contributed by atoms with Crippen LogP contribution in [0.3, 0.4) is 0 Å². The first-order chi connectivity index (χ1) is 9.33. The molecule has 4 heteroatoms. The first kappa shape index (κ1) is 12.4. The Morgan fingerprint density at radius 2 is 2.05 bits per heavy atom. The van der Waals surface area contributed by atoms with E-state index in [0.29, 0.717) is 0 Å². The van der Waals surface area contributed by atoms with E-state index in [2.05, 4.69) is 15.6 Å². The van der Waals surface area contributed by atoms with Crippen molar-refractivity contribution in [3.05, 3.63) is 46.2 Å². The molecule has 0 saturated heterocycles. The molecule has 100 valence electrons. The van der Waals surface area contributed by atoms with Gasteiger partial charge in [0.15, 0.2) is 0 Å². The summed E-state index contributed by atoms with van der Waals surface area (Å²) in [5.41, 5.74) is 1.93. The molecular weight excluding hydrogens is 238 g/mol. The molecule has 0 radical (unpaired) electrons. The lowest BCUT2D eigenvalue weighted by atomic mass is 10.1. The van der Waals surface area contributed by atoms with Gasteiger partial charge in [0.05, 0.1) is 0 Å². The average molecular weight is 257 g/mol. The van der Waals surface area contributed by atoms with Gasteiger partial charge in [0.25, 0.3) is 0 Å². The Balaban J connectivity index is 1.64. The summed E-state index contributed by atoms with van der Waals surface area (Å²) in [6.07, 6.45) is 2.64. The molecule has 1 saturated carbocycles. The van der Waals surface area contributed by atoms with Gasteiger partial charge in [-0.2, -0.15) is 0 Å². The van der Waals surface area contributed by atoms with Crippen LogP contribution in [0.4, 0.5) is 0 Å². The molecule has 1 aliphatic carbocycles. The maximum absolute atomic E-state index is 11.6. The highest BCUT2D eigenvalue weighted by Gasteiger charge is 2.19. The van der Waals surface area contributed by atoms with Crippen LogP contribution in [0.1, 0.15) is 18.4 Å². The molecule has 1 heterocycles. The Morgan fingerprint density at radius 1 is 1.21 bits per heavy atom. The molecule has 3 rings (SSSR count). The lowest BCUT2D eigenvalue weighted by Gasteiger charge is -2.08. The van der Waals surface area contributed by atoms with Crippen molar-refractivity contribution >= 4 is 10.9 Å². The highest BCUT2D eigenvalue weighted by atomic mass is 16.1. The first-order valence-corrected chi connectivity index (χ1v) is 6.88. The first-order valence-electron chi connectivity index (χ1n) is 6.88. The summed E-state index contributed by atoms with van der Waals surface area (Å²) >= 11 is 0. The molecule has 0 unspecified atom stereocenters. The van der Waals surface area contributed by atoms with Gasteiger partial charge in [0, 0.05) is 42.6 Å². The van der Waals surface area contributed by atoms with Crippen molar-refractivity contribution in [1.29, 1.82) is 0 Å². The largest absolute Gasteiger partial charge is 0.322 e. The summed E-state index contributed by atoms with van der Waals surface area (Å²) in [7, 11) is 0. The van der Waals surface area contributed by atoms with Gasteiger partial charge in [-0.1, -0.05) is 18.2 Å². The number of aromatic nitrogens is 1. The summed E-state index contributed by atoms with van der Waals surface area (Å²) in [5, 5.41) is 7.97. The van der Waals surface area contributed by atoms with Gasteiger partial charge in [-0.25, -0.2) is 0 Å². The van der Waals surface area contributed by atoms with Gasteiger partial charge in [-0.05, 0) is 24.5 Å². The van der Waals surface area contributed by atoms with Gasteiger partial charge >= 0.3 is 0 Å². The third-order valence-electron chi connectivity index (χ3n) is 3.46. The monoisotopic (exact) mass is 257 g/mol. The SMILES string of the molecule is O=c1cc(CNCCNC2CC2)c2ccccc2[nH]1. The zero-order valence-electron chi connectivity index (χ0n) is 10.9. The maximum Gasteiger partial charge on any atom is 0.248 e. The van der Waals surface area contributed by atoms with Crippen molar-refractivity contribution in [1.82, 2.24) is 15.6 Å². The molecule has 0 bridgehead atoms. The second kappa shape index (κ2) is 5.55. The van der Waals surface area contributed by atoms with Crippen LogP contribution in [-0.4, -0.2) is 24.1 Å². The van der Waals surface area contributed by atoms with Gasteiger partial charge in [0.1, 0.15) is 0 Å². The van der Waals surface area contributed by atoms with E-state index in [0.717, 1.165) is 42.1 Å². The van der Waals surface area contributed by atoms with Crippen molar-refractivity contribution in [3.8, 4) is 0 Å². The molecule has 0 amide bonds. The van der Waals surface area contributed by atoms with Crippen LogP contribution in [0.2, 0.25) is 0 Å². The van der Waals surface area contributed by atoms with Crippen LogP contribution >= 0.6 is 0 Å². The lowest BCUT2D eigenvalue weighted by molar-refractivity contribution is 0.609. The third kappa shape index (κ3) is 3.22. The summed E-state index contributed by atoms with van der Waals surface area (Å²) in [4.78, 5) is 14.5. The Kier molecular flexibility index (Phi) is 3.62. The van der Waals surface area contributed by atoms with E-state index in [1.807, 2.05) is 24.3 Å². The zero-order valence-corrected chi connectivity index (χ0v) is 10.9. The molecule has 4 nitrogen and oxygen atoms in total. The minimum Gasteiger partial charge on any atom is -0.322 e. The fourth-order valence-electron chi connectivity index (χ4n) is 2.30. The third-order valence-corrected chi connectivity index (χ3v) is 3.46. The Morgan fingerprint density at radius 3 is 2.89 bits per heavy atom. The molecule has 1 aromatic heterocycles. The number of benzene rings is 1. The molecule has 3 N–H and O–H groups in total. The molecule has 0 aliphatic heterocycles. The van der Waals surface area contributed by atoms with Crippen LogP contribution in [0.15, 0.2) is 35.1 Å². The number of fused-ring (bicyclic) bond motifs is 1. The highest BCUT2D eigenvalue weighted by Crippen LogP contribution is 2.18. The molecule has 1 aliphatic rings. The van der Waals surface area contributed by atoms with Gasteiger partial charge in [0.2, 0.25) is 5.56 Å². The summed E-state index contributed by atoms with van der Waals surface area (Å²) in [6.45, 7) is 2.65. The quantitative estimate of drug-likeness (QED) is 0.685. The molecule has 2 aromatic rings. The van der Waals surface area contributed by atoms with E-state index in [1.165, 1.54) is 12.8 Å². The molecular formula is C15H19N3O. The van der Waals surface area contributed by atoms with E-state index in [4.69, 9.17) is 0 Å². The highest BCUT2D eigenvalue weighted by molar-refractivity contribution is 5.81. The van der Waals surface area contributed by atoms with Crippen LogP contribution in [-0.2, 0) is 6.54 Å². The standard InChI is InChI=1S/C15H19N3O/c19-15-9-11(10-16-7-8-17-12-5-6-12)13-3-1-2-4-14(13)18-15/h1-4,9,12,16-17H,5-8,10H2,(H,18,19). The molecule has 1 fully saturated rings. The second-order valence-corrected chi connectivity index (χ2v) is 5.11. The number of para-hydroxylation sites is 1. The van der Waals surface area contributed by atoms with Crippen molar-refractivity contribution in [2.75, 3.05) is 13.1 Å². The van der Waals surface area contributed by atoms with E-state index < -0.39 is 0 Å². The van der Waals surface area contributed by atoms with E-state index >= 15 is 0 Å². The van der Waals surface area contributed by atoms with Crippen molar-refractivity contribution < 1.29 is 0 Å². The summed E-state index contributed by atoms with van der Waals surface area (Å²) in [5.74, 6) is 0. The van der Waals surface area contributed by atoms with Crippen molar-refractivity contribution in [3.63, 3.8) is 0 Å². The summed E-state index contributed by atoms with van der Waals surface area (Å²) in [6, 6.07) is 10.4. The average Bonchev–Trinajstić information content (AvgIpc) is 3.22. The van der Waals surface area contributed by atoms with E-state index in [1.54, 1.807) is 6.07 Å². The number of nitrogens with one attached hydrogen (secondary N) is 3. The van der Waals surface area contributed by atoms with Gasteiger partial charge in [-0.3, -0.25) is 4.79 Å². The van der Waals surface area contributed by atoms with Gasteiger partial charge < -0.3 is 15.6 Å². The lowest BCUT2D eigenvalue weighted by Crippen LogP contribution is -2.28. The predicted molar refractivity (Wildman–Crippen MR) is 77.3 cm³/mol. The Bertz CT molecular complexity index is 616. The van der Waals surface area contributed by atoms with E-state index in [9.17, 15) is 4.79 Å². The number of hydrogen-bond acceptors (Lipinski definition) is 3. The molecule has 1 aromatic carbocycles. The number of rotatable bonds is 6. The predicted octanol–water partition coefficient (Wildman–Crippen LogP) is 1.37. The fraction of sp³-hybridized carbons (Fsp3) is 0.400. The van der Waals surface area contributed by atoms with Crippen LogP contribution < -0.4 is 16.2 Å². The smallest absolute Gasteiger partial charge is 0.248 e. The van der Waals surface area contributed by atoms with Crippen LogP contribution in [0, 0.1) is 0 Å². The Hall–Kier alpha value is -1.65. The number of aromatic amines is 1. The van der Waals surface area contributed by atoms with Gasteiger partial charge in [-0.15, -0.1) is 0 Å².